The van der Waals surface area contributed by atoms with Crippen molar-refractivity contribution in [3.05, 3.63) is 41.9 Å². The molecule has 2 aliphatic heterocycles. The zero-order valence-corrected chi connectivity index (χ0v) is 13.7. The minimum atomic E-state index is -4.02. The van der Waals surface area contributed by atoms with Gasteiger partial charge >= 0.3 is 5.97 Å². The normalized spacial score (nSPS) is 19.8. The van der Waals surface area contributed by atoms with Crippen molar-refractivity contribution in [1.29, 1.82) is 0 Å². The summed E-state index contributed by atoms with van der Waals surface area (Å²) in [4.78, 5) is 15.9. The molecule has 0 bridgehead atoms. The van der Waals surface area contributed by atoms with Gasteiger partial charge in [0.1, 0.15) is 11.9 Å². The Labute approximate surface area is 139 Å². The number of para-hydroxylation sites is 1. The van der Waals surface area contributed by atoms with E-state index >= 15 is 0 Å². The van der Waals surface area contributed by atoms with E-state index in [2.05, 4.69) is 4.98 Å². The number of aromatic nitrogens is 2. The Balaban J connectivity index is 1.82. The highest BCUT2D eigenvalue weighted by Gasteiger charge is 2.43. The number of carboxylic acids is 1. The van der Waals surface area contributed by atoms with Gasteiger partial charge < -0.3 is 9.67 Å². The Morgan fingerprint density at radius 1 is 1.25 bits per heavy atom. The monoisotopic (exact) mass is 347 g/mol. The molecule has 1 aromatic carbocycles. The molecule has 7 nitrogen and oxygen atoms in total. The molecular formula is C16H17N3O4S. The highest BCUT2D eigenvalue weighted by Crippen LogP contribution is 2.36. The molecule has 24 heavy (non-hydrogen) atoms. The fraction of sp³-hybridized carbons (Fsp3) is 0.375. The Bertz CT molecular complexity index is 896. The first-order valence-corrected chi connectivity index (χ1v) is 9.33. The largest absolute Gasteiger partial charge is 0.480 e. The van der Waals surface area contributed by atoms with Gasteiger partial charge in [-0.1, -0.05) is 18.2 Å². The average Bonchev–Trinajstić information content (AvgIpc) is 3.17. The third-order valence-corrected chi connectivity index (χ3v) is 6.31. The molecule has 0 amide bonds. The van der Waals surface area contributed by atoms with Crippen LogP contribution in [0.1, 0.15) is 24.2 Å². The van der Waals surface area contributed by atoms with E-state index in [0.29, 0.717) is 5.69 Å². The molecule has 0 unspecified atom stereocenters. The van der Waals surface area contributed by atoms with Crippen molar-refractivity contribution < 1.29 is 18.3 Å². The van der Waals surface area contributed by atoms with Crippen LogP contribution >= 0.6 is 0 Å². The second-order valence-corrected chi connectivity index (χ2v) is 7.90. The number of rotatable bonds is 3. The summed E-state index contributed by atoms with van der Waals surface area (Å²) in [6.45, 7) is 0.747. The number of anilines is 1. The van der Waals surface area contributed by atoms with Crippen LogP contribution in [0.2, 0.25) is 0 Å². The number of carboxylic acid groups (broad SMARTS) is 1. The second kappa shape index (κ2) is 5.34. The van der Waals surface area contributed by atoms with E-state index in [1.807, 2.05) is 4.57 Å². The predicted molar refractivity (Wildman–Crippen MR) is 86.4 cm³/mol. The molecule has 0 saturated carbocycles. The van der Waals surface area contributed by atoms with Crippen LogP contribution in [0.5, 0.6) is 0 Å². The fourth-order valence-electron chi connectivity index (χ4n) is 3.45. The Morgan fingerprint density at radius 3 is 2.79 bits per heavy atom. The minimum Gasteiger partial charge on any atom is -0.480 e. The maximum absolute atomic E-state index is 13.1. The predicted octanol–water partition coefficient (Wildman–Crippen LogP) is 1.42. The quantitative estimate of drug-likeness (QED) is 0.906. The number of sulfonamides is 1. The molecule has 0 radical (unpaired) electrons. The SMILES string of the molecule is O=C(O)[C@@H]1Cc2ccccc2N1S(=O)(=O)c1cn2c(n1)CCCC2. The molecular weight excluding hydrogens is 330 g/mol. The van der Waals surface area contributed by atoms with E-state index in [-0.39, 0.29) is 11.4 Å². The first-order valence-electron chi connectivity index (χ1n) is 7.89. The van der Waals surface area contributed by atoms with E-state index in [9.17, 15) is 18.3 Å². The standard InChI is InChI=1S/C16H17N3O4S/c20-16(21)13-9-11-5-1-2-6-12(11)19(13)24(22,23)15-10-18-8-4-3-7-14(18)17-15/h1-2,5-6,10,13H,3-4,7-9H2,(H,20,21)/t13-/m0/s1. The zero-order chi connectivity index (χ0) is 16.9. The van der Waals surface area contributed by atoms with Gasteiger partial charge in [0, 0.05) is 25.6 Å². The second-order valence-electron chi connectivity index (χ2n) is 6.13. The fourth-order valence-corrected chi connectivity index (χ4v) is 5.07. The minimum absolute atomic E-state index is 0.0673. The molecule has 4 rings (SSSR count). The van der Waals surface area contributed by atoms with Crippen molar-refractivity contribution in [2.75, 3.05) is 4.31 Å². The molecule has 3 heterocycles. The lowest BCUT2D eigenvalue weighted by Gasteiger charge is -2.23. The van der Waals surface area contributed by atoms with Crippen molar-refractivity contribution in [2.45, 2.75) is 43.3 Å². The molecule has 1 atom stereocenters. The van der Waals surface area contributed by atoms with Gasteiger partial charge in [0.15, 0.2) is 5.03 Å². The number of nitrogens with zero attached hydrogens (tertiary/aromatic N) is 3. The topological polar surface area (TPSA) is 92.5 Å². The van der Waals surface area contributed by atoms with Crippen molar-refractivity contribution in [2.24, 2.45) is 0 Å². The number of hydrogen-bond donors (Lipinski definition) is 1. The van der Waals surface area contributed by atoms with Crippen LogP contribution in [0.4, 0.5) is 5.69 Å². The van der Waals surface area contributed by atoms with E-state index < -0.39 is 22.0 Å². The molecule has 0 saturated heterocycles. The molecule has 0 spiro atoms. The molecule has 0 fully saturated rings. The van der Waals surface area contributed by atoms with Gasteiger partial charge in [-0.2, -0.15) is 8.42 Å². The molecule has 0 aliphatic carbocycles. The maximum atomic E-state index is 13.1. The Kier molecular flexibility index (Phi) is 3.38. The van der Waals surface area contributed by atoms with Gasteiger partial charge in [-0.05, 0) is 24.5 Å². The van der Waals surface area contributed by atoms with Crippen molar-refractivity contribution in [1.82, 2.24) is 9.55 Å². The number of carbonyl (C=O) groups is 1. The maximum Gasteiger partial charge on any atom is 0.327 e. The van der Waals surface area contributed by atoms with E-state index in [0.717, 1.165) is 41.5 Å². The van der Waals surface area contributed by atoms with Crippen LogP contribution in [0, 0.1) is 0 Å². The summed E-state index contributed by atoms with van der Waals surface area (Å²) in [5.74, 6) is -0.405. The van der Waals surface area contributed by atoms with Gasteiger partial charge in [0.05, 0.1) is 5.69 Å². The van der Waals surface area contributed by atoms with Crippen LogP contribution in [-0.4, -0.2) is 35.1 Å². The molecule has 1 aromatic heterocycles. The molecule has 8 heteroatoms. The first kappa shape index (κ1) is 15.2. The lowest BCUT2D eigenvalue weighted by atomic mass is 10.1. The third kappa shape index (κ3) is 2.21. The molecule has 1 N–H and O–H groups in total. The van der Waals surface area contributed by atoms with Crippen LogP contribution in [0.3, 0.4) is 0 Å². The molecule has 2 aromatic rings. The summed E-state index contributed by atoms with van der Waals surface area (Å²) in [5, 5.41) is 9.43. The number of benzene rings is 1. The van der Waals surface area contributed by atoms with Gasteiger partial charge in [-0.25, -0.2) is 9.78 Å². The van der Waals surface area contributed by atoms with Gasteiger partial charge in [0.25, 0.3) is 10.0 Å². The summed E-state index contributed by atoms with van der Waals surface area (Å²) in [7, 11) is -4.02. The summed E-state index contributed by atoms with van der Waals surface area (Å²) < 4.78 is 29.1. The van der Waals surface area contributed by atoms with Gasteiger partial charge in [-0.15, -0.1) is 0 Å². The summed E-state index contributed by atoms with van der Waals surface area (Å²) >= 11 is 0. The number of aryl methyl sites for hydroxylation is 2. The van der Waals surface area contributed by atoms with Crippen molar-refractivity contribution >= 4 is 21.7 Å². The smallest absolute Gasteiger partial charge is 0.327 e. The first-order chi connectivity index (χ1) is 11.5. The van der Waals surface area contributed by atoms with Crippen LogP contribution in [0.25, 0.3) is 0 Å². The summed E-state index contributed by atoms with van der Waals surface area (Å²) in [5.41, 5.74) is 1.15. The van der Waals surface area contributed by atoms with E-state index in [4.69, 9.17) is 0 Å². The lowest BCUT2D eigenvalue weighted by Crippen LogP contribution is -2.42. The van der Waals surface area contributed by atoms with E-state index in [1.165, 1.54) is 6.20 Å². The third-order valence-electron chi connectivity index (χ3n) is 4.62. The van der Waals surface area contributed by atoms with Crippen LogP contribution < -0.4 is 4.31 Å². The Hall–Kier alpha value is -2.35. The van der Waals surface area contributed by atoms with E-state index in [1.54, 1.807) is 24.3 Å². The van der Waals surface area contributed by atoms with Crippen molar-refractivity contribution in [3.8, 4) is 0 Å². The number of fused-ring (bicyclic) bond motifs is 2. The van der Waals surface area contributed by atoms with Crippen LogP contribution in [-0.2, 0) is 34.2 Å². The average molecular weight is 347 g/mol. The number of hydrogen-bond acceptors (Lipinski definition) is 4. The highest BCUT2D eigenvalue weighted by atomic mass is 32.2. The van der Waals surface area contributed by atoms with Gasteiger partial charge in [-0.3, -0.25) is 4.31 Å². The Morgan fingerprint density at radius 2 is 2.04 bits per heavy atom. The summed E-state index contributed by atoms with van der Waals surface area (Å²) in [6, 6.07) is 5.77. The zero-order valence-electron chi connectivity index (χ0n) is 12.9. The number of aliphatic carboxylic acids is 1. The molecule has 126 valence electrons. The molecule has 2 aliphatic rings. The highest BCUT2D eigenvalue weighted by molar-refractivity contribution is 7.92. The van der Waals surface area contributed by atoms with Crippen molar-refractivity contribution in [3.63, 3.8) is 0 Å². The number of imidazole rings is 1. The van der Waals surface area contributed by atoms with Crippen LogP contribution in [0.15, 0.2) is 35.5 Å². The summed E-state index contributed by atoms with van der Waals surface area (Å²) in [6.07, 6.45) is 4.42. The lowest BCUT2D eigenvalue weighted by molar-refractivity contribution is -0.138. The van der Waals surface area contributed by atoms with Gasteiger partial charge in [0.2, 0.25) is 0 Å².